The van der Waals surface area contributed by atoms with Crippen molar-refractivity contribution in [2.45, 2.75) is 38.1 Å². The first kappa shape index (κ1) is 15.9. The van der Waals surface area contributed by atoms with E-state index in [2.05, 4.69) is 20.8 Å². The van der Waals surface area contributed by atoms with E-state index in [1.807, 2.05) is 11.0 Å². The maximum absolute atomic E-state index is 13.8. The van der Waals surface area contributed by atoms with E-state index in [1.54, 1.807) is 6.07 Å². The molecule has 0 aromatic heterocycles. The van der Waals surface area contributed by atoms with E-state index in [-0.39, 0.29) is 11.7 Å². The molecule has 1 amide bonds. The fourth-order valence-electron chi connectivity index (χ4n) is 3.56. The first-order valence-electron chi connectivity index (χ1n) is 8.09. The van der Waals surface area contributed by atoms with Gasteiger partial charge in [0.2, 0.25) is 5.91 Å². The van der Waals surface area contributed by atoms with E-state index in [0.29, 0.717) is 24.4 Å². The molecule has 1 aromatic carbocycles. The Balaban J connectivity index is 1.57. The van der Waals surface area contributed by atoms with Crippen LogP contribution in [0.3, 0.4) is 0 Å². The van der Waals surface area contributed by atoms with Gasteiger partial charge in [-0.1, -0.05) is 22.0 Å². The number of benzene rings is 1. The van der Waals surface area contributed by atoms with Crippen molar-refractivity contribution in [2.24, 2.45) is 0 Å². The number of amides is 1. The summed E-state index contributed by atoms with van der Waals surface area (Å²) in [5.41, 5.74) is 0.619. The summed E-state index contributed by atoms with van der Waals surface area (Å²) in [6, 6.07) is 5.58. The second kappa shape index (κ2) is 7.09. The number of carbonyl (C=O) groups excluding carboxylic acids is 1. The van der Waals surface area contributed by atoms with Crippen LogP contribution < -0.4 is 0 Å². The molecule has 0 bridgehead atoms. The molecule has 1 atom stereocenters. The molecule has 2 aliphatic rings. The summed E-state index contributed by atoms with van der Waals surface area (Å²) in [5, 5.41) is 0. The maximum atomic E-state index is 13.8. The fraction of sp³-hybridized carbons (Fsp3) is 0.588. The van der Waals surface area contributed by atoms with Gasteiger partial charge in [-0.15, -0.1) is 0 Å². The van der Waals surface area contributed by atoms with Crippen LogP contribution in [0.1, 0.15) is 31.2 Å². The third-order valence-electron chi connectivity index (χ3n) is 4.78. The van der Waals surface area contributed by atoms with Gasteiger partial charge < -0.3 is 4.90 Å². The van der Waals surface area contributed by atoms with Gasteiger partial charge in [-0.3, -0.25) is 9.69 Å². The predicted octanol–water partition coefficient (Wildman–Crippen LogP) is 3.22. The Hall–Kier alpha value is -0.940. The molecule has 2 aliphatic heterocycles. The smallest absolute Gasteiger partial charge is 0.222 e. The van der Waals surface area contributed by atoms with Crippen LogP contribution in [0, 0.1) is 5.82 Å². The SMILES string of the molecule is O=C(CCc1ccc(Br)cc1F)N1CCCN2CCCC2C1. The molecule has 22 heavy (non-hydrogen) atoms. The van der Waals surface area contributed by atoms with Crippen LogP contribution in [0.25, 0.3) is 0 Å². The van der Waals surface area contributed by atoms with Crippen molar-refractivity contribution in [2.75, 3.05) is 26.2 Å². The number of hydrogen-bond acceptors (Lipinski definition) is 2. The van der Waals surface area contributed by atoms with Crippen LogP contribution in [0.5, 0.6) is 0 Å². The summed E-state index contributed by atoms with van der Waals surface area (Å²) in [4.78, 5) is 17.0. The molecule has 0 radical (unpaired) electrons. The molecule has 0 spiro atoms. The van der Waals surface area contributed by atoms with E-state index >= 15 is 0 Å². The topological polar surface area (TPSA) is 23.6 Å². The van der Waals surface area contributed by atoms with Gasteiger partial charge in [0.05, 0.1) is 0 Å². The third kappa shape index (κ3) is 3.69. The minimum Gasteiger partial charge on any atom is -0.341 e. The van der Waals surface area contributed by atoms with Crippen LogP contribution in [0.4, 0.5) is 4.39 Å². The van der Waals surface area contributed by atoms with Gasteiger partial charge in [-0.05, 0) is 49.9 Å². The Morgan fingerprint density at radius 2 is 2.09 bits per heavy atom. The van der Waals surface area contributed by atoms with Crippen molar-refractivity contribution in [3.8, 4) is 0 Å². The average molecular weight is 369 g/mol. The molecule has 3 rings (SSSR count). The van der Waals surface area contributed by atoms with Crippen molar-refractivity contribution in [3.05, 3.63) is 34.1 Å². The molecule has 5 heteroatoms. The number of carbonyl (C=O) groups is 1. The molecule has 120 valence electrons. The van der Waals surface area contributed by atoms with E-state index in [0.717, 1.165) is 30.5 Å². The Labute approximate surface area is 139 Å². The van der Waals surface area contributed by atoms with E-state index in [9.17, 15) is 9.18 Å². The van der Waals surface area contributed by atoms with Gasteiger partial charge in [0, 0.05) is 36.6 Å². The summed E-state index contributed by atoms with van der Waals surface area (Å²) in [6.45, 7) is 3.98. The molecule has 0 saturated carbocycles. The Morgan fingerprint density at radius 1 is 1.27 bits per heavy atom. The highest BCUT2D eigenvalue weighted by Gasteiger charge is 2.30. The number of nitrogens with zero attached hydrogens (tertiary/aromatic N) is 2. The van der Waals surface area contributed by atoms with Gasteiger partial charge in [-0.2, -0.15) is 0 Å². The van der Waals surface area contributed by atoms with Gasteiger partial charge in [0.1, 0.15) is 5.82 Å². The summed E-state index contributed by atoms with van der Waals surface area (Å²) >= 11 is 3.25. The van der Waals surface area contributed by atoms with Crippen LogP contribution >= 0.6 is 15.9 Å². The van der Waals surface area contributed by atoms with Gasteiger partial charge >= 0.3 is 0 Å². The number of aryl methyl sites for hydroxylation is 1. The minimum atomic E-state index is -0.236. The molecular formula is C17H22BrFN2O. The van der Waals surface area contributed by atoms with Gasteiger partial charge in [0.25, 0.3) is 0 Å². The molecule has 3 nitrogen and oxygen atoms in total. The Kier molecular flexibility index (Phi) is 5.14. The van der Waals surface area contributed by atoms with Crippen LogP contribution in [-0.4, -0.2) is 47.9 Å². The van der Waals surface area contributed by atoms with E-state index in [1.165, 1.54) is 25.5 Å². The third-order valence-corrected chi connectivity index (χ3v) is 5.27. The van der Waals surface area contributed by atoms with Crippen molar-refractivity contribution in [3.63, 3.8) is 0 Å². The molecule has 0 N–H and O–H groups in total. The number of fused-ring (bicyclic) bond motifs is 1. The Bertz CT molecular complexity index is 551. The Morgan fingerprint density at radius 3 is 2.91 bits per heavy atom. The quantitative estimate of drug-likeness (QED) is 0.817. The predicted molar refractivity (Wildman–Crippen MR) is 88.2 cm³/mol. The van der Waals surface area contributed by atoms with Crippen molar-refractivity contribution < 1.29 is 9.18 Å². The normalized spacial score (nSPS) is 22.5. The number of hydrogen-bond donors (Lipinski definition) is 0. The van der Waals surface area contributed by atoms with Crippen LogP contribution in [0.15, 0.2) is 22.7 Å². The lowest BCUT2D eigenvalue weighted by Crippen LogP contribution is -2.39. The largest absolute Gasteiger partial charge is 0.341 e. The molecule has 2 heterocycles. The highest BCUT2D eigenvalue weighted by Crippen LogP contribution is 2.22. The summed E-state index contributed by atoms with van der Waals surface area (Å²) in [6.07, 6.45) is 4.37. The molecule has 2 fully saturated rings. The molecule has 2 saturated heterocycles. The molecular weight excluding hydrogens is 347 g/mol. The molecule has 1 aromatic rings. The highest BCUT2D eigenvalue weighted by molar-refractivity contribution is 9.10. The first-order chi connectivity index (χ1) is 10.6. The van der Waals surface area contributed by atoms with Gasteiger partial charge in [-0.25, -0.2) is 4.39 Å². The number of halogens is 2. The summed E-state index contributed by atoms with van der Waals surface area (Å²) in [5.74, 6) is -0.0731. The summed E-state index contributed by atoms with van der Waals surface area (Å²) in [7, 11) is 0. The van der Waals surface area contributed by atoms with Crippen LogP contribution in [-0.2, 0) is 11.2 Å². The maximum Gasteiger partial charge on any atom is 0.222 e. The molecule has 1 unspecified atom stereocenters. The second-order valence-electron chi connectivity index (χ2n) is 6.26. The zero-order chi connectivity index (χ0) is 15.5. The van der Waals surface area contributed by atoms with Crippen LogP contribution in [0.2, 0.25) is 0 Å². The van der Waals surface area contributed by atoms with E-state index < -0.39 is 0 Å². The average Bonchev–Trinajstić information content (AvgIpc) is 2.83. The number of rotatable bonds is 3. The zero-order valence-electron chi connectivity index (χ0n) is 12.7. The standard InChI is InChI=1S/C17H22BrFN2O/c18-14-6-4-13(16(19)11-14)5-7-17(22)21-10-2-9-20-8-1-3-15(20)12-21/h4,6,11,15H,1-3,5,7-10,12H2. The lowest BCUT2D eigenvalue weighted by Gasteiger charge is -2.25. The highest BCUT2D eigenvalue weighted by atomic mass is 79.9. The monoisotopic (exact) mass is 368 g/mol. The van der Waals surface area contributed by atoms with Crippen molar-refractivity contribution in [1.29, 1.82) is 0 Å². The minimum absolute atomic E-state index is 0.163. The lowest BCUT2D eigenvalue weighted by molar-refractivity contribution is -0.131. The first-order valence-corrected chi connectivity index (χ1v) is 8.88. The lowest BCUT2D eigenvalue weighted by atomic mass is 10.1. The van der Waals surface area contributed by atoms with Crippen molar-refractivity contribution >= 4 is 21.8 Å². The molecule has 0 aliphatic carbocycles. The zero-order valence-corrected chi connectivity index (χ0v) is 14.3. The van der Waals surface area contributed by atoms with Crippen molar-refractivity contribution in [1.82, 2.24) is 9.80 Å². The summed E-state index contributed by atoms with van der Waals surface area (Å²) < 4.78 is 14.6. The van der Waals surface area contributed by atoms with Gasteiger partial charge in [0.15, 0.2) is 0 Å². The fourth-order valence-corrected chi connectivity index (χ4v) is 3.89. The van der Waals surface area contributed by atoms with E-state index in [4.69, 9.17) is 0 Å². The second-order valence-corrected chi connectivity index (χ2v) is 7.18.